The van der Waals surface area contributed by atoms with Crippen LogP contribution in [-0.4, -0.2) is 30.2 Å². The van der Waals surface area contributed by atoms with E-state index in [9.17, 15) is 4.79 Å². The molecule has 1 N–H and O–H groups in total. The van der Waals surface area contributed by atoms with Crippen molar-refractivity contribution >= 4 is 5.78 Å². The summed E-state index contributed by atoms with van der Waals surface area (Å²) < 4.78 is 11.5. The monoisotopic (exact) mass is 320 g/mol. The highest BCUT2D eigenvalue weighted by Gasteiger charge is 2.42. The molecule has 0 bridgehead atoms. The van der Waals surface area contributed by atoms with Gasteiger partial charge in [0.05, 0.1) is 12.7 Å². The molecule has 0 amide bonds. The lowest BCUT2D eigenvalue weighted by Gasteiger charge is -2.27. The molecule has 0 aromatic heterocycles. The molecule has 0 radical (unpaired) electrons. The van der Waals surface area contributed by atoms with Gasteiger partial charge in [-0.15, -0.1) is 0 Å². The van der Waals surface area contributed by atoms with E-state index in [0.29, 0.717) is 23.0 Å². The highest BCUT2D eigenvalue weighted by Crippen LogP contribution is 2.50. The highest BCUT2D eigenvalue weighted by atomic mass is 16.5. The fourth-order valence-electron chi connectivity index (χ4n) is 3.40. The van der Waals surface area contributed by atoms with Crippen LogP contribution in [0.5, 0.6) is 11.5 Å². The zero-order chi connectivity index (χ0) is 17.2. The third-order valence-corrected chi connectivity index (χ3v) is 4.86. The zero-order valence-electron chi connectivity index (χ0n) is 14.8. The number of methoxy groups -OCH3 is 1. The number of fused-ring (bicyclic) bond motifs is 1. The fraction of sp³-hybridized carbons (Fsp3) is 0.632. The molecule has 128 valence electrons. The van der Waals surface area contributed by atoms with Crippen LogP contribution in [0.2, 0.25) is 0 Å². The number of aliphatic hydroxyl groups is 1. The van der Waals surface area contributed by atoms with Gasteiger partial charge in [-0.1, -0.05) is 6.92 Å². The largest absolute Gasteiger partial charge is 0.497 e. The predicted molar refractivity (Wildman–Crippen MR) is 90.5 cm³/mol. The quantitative estimate of drug-likeness (QED) is 0.773. The fourth-order valence-corrected chi connectivity index (χ4v) is 3.40. The smallest absolute Gasteiger partial charge is 0.163 e. The SMILES string of the molecule is COc1cc(C(C)=O)c2c(c1)C(CCC(C)CCO)C(C)(C)O2. The Balaban J connectivity index is 2.35. The van der Waals surface area contributed by atoms with Gasteiger partial charge in [0.15, 0.2) is 5.78 Å². The average molecular weight is 320 g/mol. The second-order valence-electron chi connectivity index (χ2n) is 7.10. The number of Topliss-reactive ketones (excluding diaryl/α,β-unsaturated/α-hetero) is 1. The molecule has 0 fully saturated rings. The van der Waals surface area contributed by atoms with E-state index in [1.54, 1.807) is 20.1 Å². The van der Waals surface area contributed by atoms with Crippen molar-refractivity contribution in [1.29, 1.82) is 0 Å². The van der Waals surface area contributed by atoms with E-state index in [2.05, 4.69) is 20.8 Å². The van der Waals surface area contributed by atoms with Crippen molar-refractivity contribution in [3.63, 3.8) is 0 Å². The summed E-state index contributed by atoms with van der Waals surface area (Å²) in [6, 6.07) is 3.76. The standard InChI is InChI=1S/C19H28O4/c1-12(8-9-20)6-7-17-16-11-14(22-5)10-15(13(2)21)18(16)23-19(17,3)4/h10-12,17,20H,6-9H2,1-5H3. The molecule has 2 unspecified atom stereocenters. The van der Waals surface area contributed by atoms with Crippen molar-refractivity contribution in [2.24, 2.45) is 5.92 Å². The summed E-state index contributed by atoms with van der Waals surface area (Å²) in [6.45, 7) is 8.09. The van der Waals surface area contributed by atoms with E-state index in [0.717, 1.165) is 24.8 Å². The van der Waals surface area contributed by atoms with Crippen LogP contribution < -0.4 is 9.47 Å². The third kappa shape index (κ3) is 3.69. The van der Waals surface area contributed by atoms with Gasteiger partial charge in [0, 0.05) is 18.1 Å². The van der Waals surface area contributed by atoms with Gasteiger partial charge >= 0.3 is 0 Å². The van der Waals surface area contributed by atoms with E-state index in [1.165, 1.54) is 0 Å². The van der Waals surface area contributed by atoms with Crippen LogP contribution >= 0.6 is 0 Å². The van der Waals surface area contributed by atoms with Crippen LogP contribution in [0.1, 0.15) is 68.8 Å². The lowest BCUT2D eigenvalue weighted by molar-refractivity contribution is 0.0952. The second-order valence-corrected chi connectivity index (χ2v) is 7.10. The maximum Gasteiger partial charge on any atom is 0.163 e. The van der Waals surface area contributed by atoms with Crippen molar-refractivity contribution in [3.8, 4) is 11.5 Å². The minimum Gasteiger partial charge on any atom is -0.497 e. The van der Waals surface area contributed by atoms with Crippen molar-refractivity contribution in [1.82, 2.24) is 0 Å². The number of ether oxygens (including phenoxy) is 2. The number of hydrogen-bond acceptors (Lipinski definition) is 4. The Hall–Kier alpha value is -1.55. The molecule has 0 aliphatic carbocycles. The van der Waals surface area contributed by atoms with Gasteiger partial charge in [-0.25, -0.2) is 0 Å². The first-order chi connectivity index (χ1) is 10.8. The summed E-state index contributed by atoms with van der Waals surface area (Å²) in [4.78, 5) is 12.0. The number of benzene rings is 1. The number of rotatable bonds is 7. The number of carbonyl (C=O) groups is 1. The third-order valence-electron chi connectivity index (χ3n) is 4.86. The number of ketones is 1. The maximum absolute atomic E-state index is 12.0. The lowest BCUT2D eigenvalue weighted by Crippen LogP contribution is -2.30. The predicted octanol–water partition coefficient (Wildman–Crippen LogP) is 3.95. The number of hydrogen-bond donors (Lipinski definition) is 1. The summed E-state index contributed by atoms with van der Waals surface area (Å²) in [6.07, 6.45) is 2.80. The Labute approximate surface area is 138 Å². The summed E-state index contributed by atoms with van der Waals surface area (Å²) in [5, 5.41) is 9.08. The van der Waals surface area contributed by atoms with Gasteiger partial charge in [0.25, 0.3) is 0 Å². The van der Waals surface area contributed by atoms with Crippen LogP contribution in [0, 0.1) is 5.92 Å². The minimum atomic E-state index is -0.349. The summed E-state index contributed by atoms with van der Waals surface area (Å²) in [5.74, 6) is 2.08. The Kier molecular flexibility index (Phi) is 5.35. The molecule has 2 rings (SSSR count). The number of aliphatic hydroxyl groups excluding tert-OH is 1. The first-order valence-electron chi connectivity index (χ1n) is 8.33. The van der Waals surface area contributed by atoms with Crippen molar-refractivity contribution in [2.45, 2.75) is 58.5 Å². The van der Waals surface area contributed by atoms with E-state index in [4.69, 9.17) is 14.6 Å². The molecule has 0 saturated heterocycles. The molecule has 2 atom stereocenters. The molecule has 0 spiro atoms. The van der Waals surface area contributed by atoms with Crippen LogP contribution in [0.25, 0.3) is 0 Å². The molecule has 1 aliphatic heterocycles. The Morgan fingerprint density at radius 2 is 2.09 bits per heavy atom. The van der Waals surface area contributed by atoms with Gasteiger partial charge < -0.3 is 14.6 Å². The highest BCUT2D eigenvalue weighted by molar-refractivity contribution is 5.98. The number of carbonyl (C=O) groups excluding carboxylic acids is 1. The van der Waals surface area contributed by atoms with Gasteiger partial charge in [0.1, 0.15) is 17.1 Å². The van der Waals surface area contributed by atoms with Gasteiger partial charge in [-0.05, 0) is 58.1 Å². The van der Waals surface area contributed by atoms with Crippen molar-refractivity contribution < 1.29 is 19.4 Å². The normalized spacial score (nSPS) is 19.8. The Morgan fingerprint density at radius 1 is 1.39 bits per heavy atom. The maximum atomic E-state index is 12.0. The molecule has 0 saturated carbocycles. The molecule has 1 aliphatic rings. The molecule has 23 heavy (non-hydrogen) atoms. The minimum absolute atomic E-state index is 0.00903. The van der Waals surface area contributed by atoms with E-state index >= 15 is 0 Å². The van der Waals surface area contributed by atoms with Gasteiger partial charge in [0.2, 0.25) is 0 Å². The van der Waals surface area contributed by atoms with E-state index in [1.807, 2.05) is 6.07 Å². The molecule has 1 heterocycles. The molecule has 1 aromatic rings. The second kappa shape index (κ2) is 6.91. The molecule has 1 aromatic carbocycles. The van der Waals surface area contributed by atoms with Crippen LogP contribution in [0.4, 0.5) is 0 Å². The molecule has 4 heteroatoms. The zero-order valence-corrected chi connectivity index (χ0v) is 14.8. The van der Waals surface area contributed by atoms with Crippen LogP contribution in [0.15, 0.2) is 12.1 Å². The van der Waals surface area contributed by atoms with Crippen LogP contribution in [-0.2, 0) is 0 Å². The van der Waals surface area contributed by atoms with Crippen molar-refractivity contribution in [3.05, 3.63) is 23.3 Å². The first kappa shape index (κ1) is 17.8. The Bertz CT molecular complexity index is 577. The van der Waals surface area contributed by atoms with Crippen molar-refractivity contribution in [2.75, 3.05) is 13.7 Å². The summed E-state index contributed by atoms with van der Waals surface area (Å²) >= 11 is 0. The first-order valence-corrected chi connectivity index (χ1v) is 8.33. The molecule has 4 nitrogen and oxygen atoms in total. The topological polar surface area (TPSA) is 55.8 Å². The average Bonchev–Trinajstić information content (AvgIpc) is 2.73. The van der Waals surface area contributed by atoms with E-state index < -0.39 is 0 Å². The summed E-state index contributed by atoms with van der Waals surface area (Å²) in [7, 11) is 1.62. The lowest BCUT2D eigenvalue weighted by atomic mass is 9.81. The molecular formula is C19H28O4. The van der Waals surface area contributed by atoms with Crippen LogP contribution in [0.3, 0.4) is 0 Å². The molecular weight excluding hydrogens is 292 g/mol. The van der Waals surface area contributed by atoms with E-state index in [-0.39, 0.29) is 23.9 Å². The summed E-state index contributed by atoms with van der Waals surface area (Å²) in [5.41, 5.74) is 1.31. The van der Waals surface area contributed by atoms with Gasteiger partial charge in [-0.3, -0.25) is 4.79 Å². The van der Waals surface area contributed by atoms with Gasteiger partial charge in [-0.2, -0.15) is 0 Å². The Morgan fingerprint density at radius 3 is 2.65 bits per heavy atom.